The second kappa shape index (κ2) is 6.62. The summed E-state index contributed by atoms with van der Waals surface area (Å²) in [6, 6.07) is 30.1. The first kappa shape index (κ1) is 13.9. The third kappa shape index (κ3) is 3.18. The Morgan fingerprint density at radius 3 is 1.43 bits per heavy atom. The molecule has 0 atom stereocenters. The Labute approximate surface area is 130 Å². The standard InChI is InChI=1S/C19H17OSe/c1-20-16-12-14-19(15-13-16)21(17-8-4-2-5-9-17)18-10-6-3-7-11-18/h2-15H,1H3/q+1. The predicted molar refractivity (Wildman–Crippen MR) is 90.5 cm³/mol. The van der Waals surface area contributed by atoms with Gasteiger partial charge in [-0.3, -0.25) is 0 Å². The molecule has 0 fully saturated rings. The summed E-state index contributed by atoms with van der Waals surface area (Å²) in [7, 11) is 1.71. The van der Waals surface area contributed by atoms with Gasteiger partial charge in [-0.1, -0.05) is 0 Å². The van der Waals surface area contributed by atoms with E-state index in [1.807, 2.05) is 0 Å². The van der Waals surface area contributed by atoms with Gasteiger partial charge in [0, 0.05) is 0 Å². The molecule has 2 heteroatoms. The molecule has 0 aromatic heterocycles. The summed E-state index contributed by atoms with van der Waals surface area (Å²) in [6.07, 6.45) is 0. The SMILES string of the molecule is COc1ccc([Se+](c2ccccc2)c2ccccc2)cc1. The molecule has 0 spiro atoms. The molecule has 0 saturated carbocycles. The molecule has 0 aliphatic carbocycles. The predicted octanol–water partition coefficient (Wildman–Crippen LogP) is 2.21. The fourth-order valence-corrected chi connectivity index (χ4v) is 6.60. The average Bonchev–Trinajstić information content (AvgIpc) is 2.58. The number of benzene rings is 3. The molecule has 0 amide bonds. The van der Waals surface area contributed by atoms with Gasteiger partial charge in [0.2, 0.25) is 0 Å². The monoisotopic (exact) mass is 341 g/mol. The van der Waals surface area contributed by atoms with Crippen molar-refractivity contribution in [2.45, 2.75) is 0 Å². The summed E-state index contributed by atoms with van der Waals surface area (Å²) >= 11 is -1.23. The molecule has 0 saturated heterocycles. The summed E-state index contributed by atoms with van der Waals surface area (Å²) in [5.74, 6) is 0.908. The Bertz CT molecular complexity index is 638. The molecular weight excluding hydrogens is 323 g/mol. The van der Waals surface area contributed by atoms with Crippen LogP contribution in [0.2, 0.25) is 0 Å². The molecule has 1 nitrogen and oxygen atoms in total. The zero-order chi connectivity index (χ0) is 14.5. The van der Waals surface area contributed by atoms with E-state index in [9.17, 15) is 0 Å². The molecule has 3 aromatic carbocycles. The third-order valence-electron chi connectivity index (χ3n) is 3.25. The molecule has 3 rings (SSSR count). The Balaban J connectivity index is 2.07. The van der Waals surface area contributed by atoms with Crippen LogP contribution in [0.25, 0.3) is 0 Å². The van der Waals surface area contributed by atoms with Gasteiger partial charge in [0.05, 0.1) is 0 Å². The van der Waals surface area contributed by atoms with Gasteiger partial charge in [0.15, 0.2) is 0 Å². The molecule has 0 aliphatic rings. The topological polar surface area (TPSA) is 9.23 Å². The van der Waals surface area contributed by atoms with Crippen LogP contribution in [0, 0.1) is 0 Å². The number of ether oxygens (including phenoxy) is 1. The van der Waals surface area contributed by atoms with E-state index >= 15 is 0 Å². The summed E-state index contributed by atoms with van der Waals surface area (Å²) in [5, 5.41) is 0. The van der Waals surface area contributed by atoms with E-state index in [1.54, 1.807) is 7.11 Å². The van der Waals surface area contributed by atoms with Crippen molar-refractivity contribution in [3.05, 3.63) is 84.9 Å². The molecular formula is C19H17OSe+. The molecule has 0 N–H and O–H groups in total. The van der Waals surface area contributed by atoms with Crippen molar-refractivity contribution < 1.29 is 4.74 Å². The molecule has 0 unspecified atom stereocenters. The van der Waals surface area contributed by atoms with E-state index in [1.165, 1.54) is 13.4 Å². The second-order valence-corrected chi connectivity index (χ2v) is 8.86. The normalized spacial score (nSPS) is 10.6. The van der Waals surface area contributed by atoms with Crippen LogP contribution in [0.3, 0.4) is 0 Å². The van der Waals surface area contributed by atoms with Crippen molar-refractivity contribution in [2.75, 3.05) is 7.11 Å². The Hall–Kier alpha value is -2.02. The molecule has 21 heavy (non-hydrogen) atoms. The Morgan fingerprint density at radius 1 is 0.571 bits per heavy atom. The maximum atomic E-state index is 5.27. The molecule has 3 aromatic rings. The number of hydrogen-bond acceptors (Lipinski definition) is 1. The van der Waals surface area contributed by atoms with Crippen LogP contribution in [0.5, 0.6) is 5.75 Å². The first-order chi connectivity index (χ1) is 10.4. The first-order valence-electron chi connectivity index (χ1n) is 6.87. The number of methoxy groups -OCH3 is 1. The van der Waals surface area contributed by atoms with Crippen LogP contribution in [-0.4, -0.2) is 21.0 Å². The van der Waals surface area contributed by atoms with E-state index in [0.717, 1.165) is 5.75 Å². The van der Waals surface area contributed by atoms with Crippen molar-refractivity contribution in [1.29, 1.82) is 0 Å². The zero-order valence-electron chi connectivity index (χ0n) is 11.9. The van der Waals surface area contributed by atoms with Crippen molar-refractivity contribution >= 4 is 27.3 Å². The van der Waals surface area contributed by atoms with Crippen LogP contribution in [0.4, 0.5) is 0 Å². The van der Waals surface area contributed by atoms with Crippen LogP contribution in [0.15, 0.2) is 84.9 Å². The molecule has 0 heterocycles. The van der Waals surface area contributed by atoms with Gasteiger partial charge < -0.3 is 0 Å². The average molecular weight is 340 g/mol. The second-order valence-electron chi connectivity index (χ2n) is 4.61. The molecule has 0 aliphatic heterocycles. The van der Waals surface area contributed by atoms with Gasteiger partial charge in [0.1, 0.15) is 0 Å². The minimum absolute atomic E-state index is 0.908. The van der Waals surface area contributed by atoms with Gasteiger partial charge in [-0.25, -0.2) is 0 Å². The molecule has 0 bridgehead atoms. The van der Waals surface area contributed by atoms with E-state index < -0.39 is 13.9 Å². The fraction of sp³-hybridized carbons (Fsp3) is 0.0526. The van der Waals surface area contributed by atoms with Crippen molar-refractivity contribution in [2.24, 2.45) is 0 Å². The maximum absolute atomic E-state index is 5.27. The van der Waals surface area contributed by atoms with E-state index in [4.69, 9.17) is 4.74 Å². The first-order valence-corrected chi connectivity index (χ1v) is 9.44. The van der Waals surface area contributed by atoms with E-state index in [-0.39, 0.29) is 0 Å². The quantitative estimate of drug-likeness (QED) is 0.662. The van der Waals surface area contributed by atoms with E-state index in [0.29, 0.717) is 0 Å². The van der Waals surface area contributed by atoms with Gasteiger partial charge in [-0.05, 0) is 0 Å². The van der Waals surface area contributed by atoms with Crippen LogP contribution in [0.1, 0.15) is 0 Å². The summed E-state index contributed by atoms with van der Waals surface area (Å²) < 4.78 is 9.52. The van der Waals surface area contributed by atoms with Crippen molar-refractivity contribution in [3.63, 3.8) is 0 Å². The Morgan fingerprint density at radius 2 is 1.00 bits per heavy atom. The van der Waals surface area contributed by atoms with Crippen LogP contribution in [-0.2, 0) is 0 Å². The third-order valence-corrected chi connectivity index (χ3v) is 7.93. The van der Waals surface area contributed by atoms with E-state index in [2.05, 4.69) is 84.9 Å². The Kier molecular flexibility index (Phi) is 4.40. The number of rotatable bonds is 4. The zero-order valence-corrected chi connectivity index (χ0v) is 13.6. The van der Waals surface area contributed by atoms with Gasteiger partial charge in [-0.15, -0.1) is 0 Å². The molecule has 0 radical (unpaired) electrons. The van der Waals surface area contributed by atoms with Gasteiger partial charge >= 0.3 is 130 Å². The number of hydrogen-bond donors (Lipinski definition) is 0. The van der Waals surface area contributed by atoms with Crippen molar-refractivity contribution in [1.82, 2.24) is 0 Å². The van der Waals surface area contributed by atoms with Gasteiger partial charge in [-0.2, -0.15) is 0 Å². The summed E-state index contributed by atoms with van der Waals surface area (Å²) in [4.78, 5) is 0. The van der Waals surface area contributed by atoms with Crippen LogP contribution < -0.4 is 18.1 Å². The molecule has 104 valence electrons. The summed E-state index contributed by atoms with van der Waals surface area (Å²) in [5.41, 5.74) is 0. The van der Waals surface area contributed by atoms with Crippen LogP contribution >= 0.6 is 0 Å². The van der Waals surface area contributed by atoms with Gasteiger partial charge in [0.25, 0.3) is 0 Å². The summed E-state index contributed by atoms with van der Waals surface area (Å²) in [6.45, 7) is 0. The fourth-order valence-electron chi connectivity index (χ4n) is 2.23. The van der Waals surface area contributed by atoms with Crippen molar-refractivity contribution in [3.8, 4) is 5.75 Å². The minimum atomic E-state index is -1.23.